The number of aliphatic hydroxyl groups excluding tert-OH is 1. The Morgan fingerprint density at radius 3 is 2.68 bits per heavy atom. The Balaban J connectivity index is 1.49. The molecule has 1 aliphatic carbocycles. The van der Waals surface area contributed by atoms with Crippen molar-refractivity contribution in [2.45, 2.75) is 50.3 Å². The maximum atomic E-state index is 14.2. The zero-order valence-corrected chi connectivity index (χ0v) is 16.9. The first-order valence-corrected chi connectivity index (χ1v) is 10.6. The minimum absolute atomic E-state index is 0.0106. The van der Waals surface area contributed by atoms with E-state index in [9.17, 15) is 13.9 Å². The summed E-state index contributed by atoms with van der Waals surface area (Å²) in [5, 5.41) is 16.1. The van der Waals surface area contributed by atoms with Crippen molar-refractivity contribution in [2.24, 2.45) is 0 Å². The van der Waals surface area contributed by atoms with E-state index in [2.05, 4.69) is 20.6 Å². The Labute approximate surface area is 177 Å². The van der Waals surface area contributed by atoms with Crippen LogP contribution in [0.4, 0.5) is 26.4 Å². The number of fused-ring (bicyclic) bond motifs is 1. The van der Waals surface area contributed by atoms with Crippen LogP contribution < -0.4 is 10.6 Å². The molecule has 1 unspecified atom stereocenters. The Morgan fingerprint density at radius 1 is 1.10 bits per heavy atom. The zero-order chi connectivity index (χ0) is 21.4. The number of halogens is 2. The van der Waals surface area contributed by atoms with E-state index in [-0.39, 0.29) is 23.9 Å². The van der Waals surface area contributed by atoms with Crippen molar-refractivity contribution in [3.63, 3.8) is 0 Å². The van der Waals surface area contributed by atoms with Crippen molar-refractivity contribution >= 4 is 28.7 Å². The Kier molecular flexibility index (Phi) is 5.41. The summed E-state index contributed by atoms with van der Waals surface area (Å²) in [4.78, 5) is 13.7. The minimum Gasteiger partial charge on any atom is -0.393 e. The van der Waals surface area contributed by atoms with E-state index in [0.717, 1.165) is 38.2 Å². The van der Waals surface area contributed by atoms with Crippen molar-refractivity contribution < 1.29 is 18.6 Å². The molecule has 31 heavy (non-hydrogen) atoms. The maximum absolute atomic E-state index is 14.2. The number of rotatable bonds is 5. The van der Waals surface area contributed by atoms with Gasteiger partial charge in [-0.2, -0.15) is 4.98 Å². The van der Waals surface area contributed by atoms with Gasteiger partial charge in [0.05, 0.1) is 30.6 Å². The van der Waals surface area contributed by atoms with E-state index < -0.39 is 11.6 Å². The third-order valence-electron chi connectivity index (χ3n) is 5.91. The largest absolute Gasteiger partial charge is 0.393 e. The number of ether oxygens (including phenoxy) is 1. The van der Waals surface area contributed by atoms with Crippen LogP contribution in [0, 0.1) is 11.6 Å². The van der Waals surface area contributed by atoms with E-state index in [1.807, 2.05) is 4.57 Å². The summed E-state index contributed by atoms with van der Waals surface area (Å²) in [6.45, 7) is 1.12. The fourth-order valence-electron chi connectivity index (χ4n) is 4.23. The van der Waals surface area contributed by atoms with Gasteiger partial charge in [0.25, 0.3) is 0 Å². The molecule has 2 aliphatic rings. The van der Waals surface area contributed by atoms with Gasteiger partial charge in [0.1, 0.15) is 17.2 Å². The second kappa shape index (κ2) is 8.35. The van der Waals surface area contributed by atoms with Crippen LogP contribution in [0.25, 0.3) is 11.2 Å². The highest BCUT2D eigenvalue weighted by atomic mass is 19.1. The van der Waals surface area contributed by atoms with Crippen LogP contribution in [0.5, 0.6) is 0 Å². The molecule has 1 aliphatic heterocycles. The van der Waals surface area contributed by atoms with Gasteiger partial charge in [-0.05, 0) is 44.2 Å². The number of hydrogen-bond donors (Lipinski definition) is 3. The number of anilines is 3. The van der Waals surface area contributed by atoms with Crippen molar-refractivity contribution in [2.75, 3.05) is 23.8 Å². The topological polar surface area (TPSA) is 97.1 Å². The summed E-state index contributed by atoms with van der Waals surface area (Å²) >= 11 is 0. The molecule has 1 atom stereocenters. The molecule has 10 heteroatoms. The molecular weight excluding hydrogens is 406 g/mol. The highest BCUT2D eigenvalue weighted by Gasteiger charge is 2.26. The van der Waals surface area contributed by atoms with Gasteiger partial charge < -0.3 is 20.5 Å². The van der Waals surface area contributed by atoms with Gasteiger partial charge in [-0.25, -0.2) is 18.7 Å². The number of hydrogen-bond acceptors (Lipinski definition) is 7. The average molecular weight is 430 g/mol. The van der Waals surface area contributed by atoms with E-state index in [0.29, 0.717) is 36.3 Å². The summed E-state index contributed by atoms with van der Waals surface area (Å²) in [6, 6.07) is 3.56. The van der Waals surface area contributed by atoms with E-state index in [4.69, 9.17) is 9.72 Å². The molecule has 0 bridgehead atoms. The molecule has 3 N–H and O–H groups in total. The summed E-state index contributed by atoms with van der Waals surface area (Å²) in [5.74, 6) is -0.441. The molecule has 8 nitrogen and oxygen atoms in total. The number of nitrogens with one attached hydrogen (secondary N) is 2. The molecule has 2 aromatic heterocycles. The van der Waals surface area contributed by atoms with Gasteiger partial charge in [-0.1, -0.05) is 0 Å². The van der Waals surface area contributed by atoms with Crippen LogP contribution in [0.3, 0.4) is 0 Å². The summed E-state index contributed by atoms with van der Waals surface area (Å²) < 4.78 is 35.0. The van der Waals surface area contributed by atoms with Crippen molar-refractivity contribution in [1.29, 1.82) is 0 Å². The van der Waals surface area contributed by atoms with Crippen LogP contribution in [-0.4, -0.2) is 50.0 Å². The molecule has 1 saturated heterocycles. The van der Waals surface area contributed by atoms with Crippen molar-refractivity contribution in [1.82, 2.24) is 19.5 Å². The SMILES string of the molecule is O[C@H]1CC[C@H](Nc2ncc3nc(Nc4ccc(F)cc4F)n(C4CCOC4)c3n2)CC1. The molecule has 2 fully saturated rings. The monoisotopic (exact) mass is 430 g/mol. The molecule has 164 valence electrons. The molecule has 3 aromatic rings. The number of benzene rings is 1. The maximum Gasteiger partial charge on any atom is 0.224 e. The van der Waals surface area contributed by atoms with Gasteiger partial charge >= 0.3 is 0 Å². The fraction of sp³-hybridized carbons (Fsp3) is 0.476. The molecular formula is C21H24F2N6O2. The van der Waals surface area contributed by atoms with Crippen LogP contribution in [0.15, 0.2) is 24.4 Å². The first-order valence-electron chi connectivity index (χ1n) is 10.6. The fourth-order valence-corrected chi connectivity index (χ4v) is 4.23. The molecule has 0 spiro atoms. The third-order valence-corrected chi connectivity index (χ3v) is 5.91. The van der Waals surface area contributed by atoms with Crippen molar-refractivity contribution in [3.8, 4) is 0 Å². The number of imidazole rings is 1. The average Bonchev–Trinajstić information content (AvgIpc) is 3.39. The van der Waals surface area contributed by atoms with Crippen LogP contribution in [0.2, 0.25) is 0 Å². The molecule has 1 saturated carbocycles. The van der Waals surface area contributed by atoms with Crippen molar-refractivity contribution in [3.05, 3.63) is 36.0 Å². The Bertz CT molecular complexity index is 1080. The smallest absolute Gasteiger partial charge is 0.224 e. The van der Waals surface area contributed by atoms with Crippen LogP contribution >= 0.6 is 0 Å². The van der Waals surface area contributed by atoms with E-state index in [1.165, 1.54) is 12.1 Å². The lowest BCUT2D eigenvalue weighted by Gasteiger charge is -2.26. The second-order valence-corrected chi connectivity index (χ2v) is 8.12. The van der Waals surface area contributed by atoms with Gasteiger partial charge in [0, 0.05) is 18.7 Å². The van der Waals surface area contributed by atoms with Crippen LogP contribution in [0.1, 0.15) is 38.1 Å². The number of aliphatic hydroxyl groups is 1. The lowest BCUT2D eigenvalue weighted by atomic mass is 9.93. The second-order valence-electron chi connectivity index (χ2n) is 8.12. The van der Waals surface area contributed by atoms with Crippen LogP contribution in [-0.2, 0) is 4.74 Å². The Morgan fingerprint density at radius 2 is 1.94 bits per heavy atom. The lowest BCUT2D eigenvalue weighted by molar-refractivity contribution is 0.126. The quantitative estimate of drug-likeness (QED) is 0.570. The normalized spacial score (nSPS) is 23.9. The molecule has 1 aromatic carbocycles. The highest BCUT2D eigenvalue weighted by molar-refractivity contribution is 5.76. The molecule has 5 rings (SSSR count). The van der Waals surface area contributed by atoms with E-state index in [1.54, 1.807) is 6.20 Å². The predicted molar refractivity (Wildman–Crippen MR) is 111 cm³/mol. The molecule has 0 amide bonds. The Hall–Kier alpha value is -2.85. The molecule has 0 radical (unpaired) electrons. The summed E-state index contributed by atoms with van der Waals surface area (Å²) in [6.07, 6.45) is 5.42. The van der Waals surface area contributed by atoms with Gasteiger partial charge in [0.15, 0.2) is 5.65 Å². The lowest BCUT2D eigenvalue weighted by Crippen LogP contribution is -2.29. The summed E-state index contributed by atoms with van der Waals surface area (Å²) in [7, 11) is 0. The molecule has 3 heterocycles. The third kappa shape index (κ3) is 4.17. The highest BCUT2D eigenvalue weighted by Crippen LogP contribution is 2.31. The number of aromatic nitrogens is 4. The first kappa shape index (κ1) is 20.1. The van der Waals surface area contributed by atoms with Gasteiger partial charge in [-0.3, -0.25) is 4.57 Å². The zero-order valence-electron chi connectivity index (χ0n) is 16.9. The summed E-state index contributed by atoms with van der Waals surface area (Å²) in [5.41, 5.74) is 1.32. The predicted octanol–water partition coefficient (Wildman–Crippen LogP) is 3.52. The van der Waals surface area contributed by atoms with E-state index >= 15 is 0 Å². The minimum atomic E-state index is -0.700. The number of nitrogens with zero attached hydrogens (tertiary/aromatic N) is 4. The first-order chi connectivity index (χ1) is 15.1. The van der Waals surface area contributed by atoms with Gasteiger partial charge in [0.2, 0.25) is 11.9 Å². The standard InChI is InChI=1S/C21H24F2N6O2/c22-12-1-6-17(16(23)9-12)26-21-27-18-10-24-20(25-13-2-4-15(30)5-3-13)28-19(18)29(21)14-7-8-31-11-14/h1,6,9-10,13-15,30H,2-5,7-8,11H2,(H,26,27)(H,24,25,28)/t13-,14?,15-. The van der Waals surface area contributed by atoms with Gasteiger partial charge in [-0.15, -0.1) is 0 Å².